The van der Waals surface area contributed by atoms with E-state index in [0.29, 0.717) is 17.7 Å². The summed E-state index contributed by atoms with van der Waals surface area (Å²) in [5.41, 5.74) is 0. The van der Waals surface area contributed by atoms with Crippen LogP contribution >= 0.6 is 0 Å². The van der Waals surface area contributed by atoms with Gasteiger partial charge in [-0.15, -0.1) is 0 Å². The first-order valence-corrected chi connectivity index (χ1v) is 6.52. The van der Waals surface area contributed by atoms with Gasteiger partial charge < -0.3 is 24.7 Å². The molecule has 9 heteroatoms. The van der Waals surface area contributed by atoms with Crippen molar-refractivity contribution in [2.45, 2.75) is 25.8 Å². The number of hydrogen-bond acceptors (Lipinski definition) is 5. The van der Waals surface area contributed by atoms with E-state index in [4.69, 9.17) is 14.9 Å². The third-order valence-electron chi connectivity index (χ3n) is 2.98. The Morgan fingerprint density at radius 2 is 1.76 bits per heavy atom. The van der Waals surface area contributed by atoms with Gasteiger partial charge in [-0.1, -0.05) is 0 Å². The Hall–Kier alpha value is -2.32. The highest BCUT2D eigenvalue weighted by Gasteiger charge is 2.38. The van der Waals surface area contributed by atoms with Crippen LogP contribution in [0.2, 0.25) is 0 Å². The average Bonchev–Trinajstić information content (AvgIpc) is 2.85. The van der Waals surface area contributed by atoms with Gasteiger partial charge in [-0.2, -0.15) is 0 Å². The predicted molar refractivity (Wildman–Crippen MR) is 68.6 cm³/mol. The lowest BCUT2D eigenvalue weighted by Gasteiger charge is -2.29. The number of nitrogens with zero attached hydrogens (tertiary/aromatic N) is 2. The van der Waals surface area contributed by atoms with Crippen LogP contribution in [0, 0.1) is 0 Å². The molecule has 1 heterocycles. The highest BCUT2D eigenvalue weighted by molar-refractivity contribution is 5.88. The van der Waals surface area contributed by atoms with Crippen molar-refractivity contribution in [3.8, 4) is 0 Å². The van der Waals surface area contributed by atoms with Crippen LogP contribution in [0.25, 0.3) is 0 Å². The number of esters is 1. The smallest absolute Gasteiger partial charge is 0.328 e. The summed E-state index contributed by atoms with van der Waals surface area (Å²) in [5, 5.41) is 17.5. The quantitative estimate of drug-likeness (QED) is 0.640. The Morgan fingerprint density at radius 3 is 2.24 bits per heavy atom. The highest BCUT2D eigenvalue weighted by Crippen LogP contribution is 2.20. The van der Waals surface area contributed by atoms with Gasteiger partial charge in [-0.05, 0) is 19.8 Å². The largest absolute Gasteiger partial charge is 0.480 e. The van der Waals surface area contributed by atoms with Crippen molar-refractivity contribution in [3.05, 3.63) is 0 Å². The maximum Gasteiger partial charge on any atom is 0.328 e. The van der Waals surface area contributed by atoms with Crippen LogP contribution in [0.5, 0.6) is 0 Å². The lowest BCUT2D eigenvalue weighted by atomic mass is 10.2. The Kier molecular flexibility index (Phi) is 5.94. The summed E-state index contributed by atoms with van der Waals surface area (Å²) >= 11 is 0. The van der Waals surface area contributed by atoms with Gasteiger partial charge in [0.2, 0.25) is 0 Å². The number of carboxylic acid groups (broad SMARTS) is 2. The Labute approximate surface area is 121 Å². The van der Waals surface area contributed by atoms with E-state index in [2.05, 4.69) is 0 Å². The molecular weight excluding hydrogens is 284 g/mol. The second-order valence-corrected chi connectivity index (χ2v) is 4.53. The van der Waals surface area contributed by atoms with Crippen molar-refractivity contribution in [2.75, 3.05) is 26.2 Å². The number of amides is 2. The molecule has 1 fully saturated rings. The third-order valence-corrected chi connectivity index (χ3v) is 2.98. The van der Waals surface area contributed by atoms with Gasteiger partial charge in [0.05, 0.1) is 6.61 Å². The molecule has 118 valence electrons. The first kappa shape index (κ1) is 16.7. The zero-order valence-corrected chi connectivity index (χ0v) is 11.7. The van der Waals surface area contributed by atoms with Crippen LogP contribution in [0.4, 0.5) is 4.79 Å². The standard InChI is InChI=1S/C12H18N2O7/c1-2-21-11(19)8-4-3-5-14(8)12(20)13(6-9(15)16)7-10(17)18/h8H,2-7H2,1H3,(H,15,16)(H,17,18). The molecule has 1 atom stereocenters. The second kappa shape index (κ2) is 7.46. The number of ether oxygens (including phenoxy) is 1. The van der Waals surface area contributed by atoms with E-state index < -0.39 is 43.1 Å². The second-order valence-electron chi connectivity index (χ2n) is 4.53. The summed E-state index contributed by atoms with van der Waals surface area (Å²) in [6, 6.07) is -1.57. The van der Waals surface area contributed by atoms with Crippen LogP contribution in [0.3, 0.4) is 0 Å². The van der Waals surface area contributed by atoms with Crippen LogP contribution < -0.4 is 0 Å². The molecular formula is C12H18N2O7. The number of aliphatic carboxylic acids is 2. The van der Waals surface area contributed by atoms with Crippen LogP contribution in [0.1, 0.15) is 19.8 Å². The van der Waals surface area contributed by atoms with Crippen molar-refractivity contribution in [3.63, 3.8) is 0 Å². The molecule has 1 saturated heterocycles. The van der Waals surface area contributed by atoms with Gasteiger partial charge in [0.25, 0.3) is 0 Å². The first-order valence-electron chi connectivity index (χ1n) is 6.52. The van der Waals surface area contributed by atoms with Crippen LogP contribution in [-0.2, 0) is 19.1 Å². The molecule has 1 unspecified atom stereocenters. The lowest BCUT2D eigenvalue weighted by molar-refractivity contribution is -0.147. The van der Waals surface area contributed by atoms with Crippen LogP contribution in [0.15, 0.2) is 0 Å². The molecule has 2 N–H and O–H groups in total. The van der Waals surface area contributed by atoms with Crippen molar-refractivity contribution in [1.82, 2.24) is 9.80 Å². The Morgan fingerprint density at radius 1 is 1.19 bits per heavy atom. The fourth-order valence-corrected chi connectivity index (χ4v) is 2.18. The fraction of sp³-hybridized carbons (Fsp3) is 0.667. The molecule has 0 saturated carbocycles. The predicted octanol–water partition coefficient (Wildman–Crippen LogP) is -0.395. The molecule has 0 radical (unpaired) electrons. The zero-order chi connectivity index (χ0) is 16.0. The van der Waals surface area contributed by atoms with Crippen molar-refractivity contribution < 1.29 is 34.1 Å². The topological polar surface area (TPSA) is 124 Å². The van der Waals surface area contributed by atoms with Gasteiger partial charge in [-0.3, -0.25) is 9.59 Å². The Balaban J connectivity index is 2.83. The molecule has 1 aliphatic rings. The molecule has 0 bridgehead atoms. The summed E-state index contributed by atoms with van der Waals surface area (Å²) < 4.78 is 4.86. The van der Waals surface area contributed by atoms with Gasteiger partial charge in [0, 0.05) is 6.54 Å². The van der Waals surface area contributed by atoms with Gasteiger partial charge >= 0.3 is 23.9 Å². The highest BCUT2D eigenvalue weighted by atomic mass is 16.5. The number of carboxylic acids is 2. The fourth-order valence-electron chi connectivity index (χ4n) is 2.18. The number of rotatable bonds is 6. The SMILES string of the molecule is CCOC(=O)C1CCCN1C(=O)N(CC(=O)O)CC(=O)O. The van der Waals surface area contributed by atoms with Crippen molar-refractivity contribution >= 4 is 23.9 Å². The maximum absolute atomic E-state index is 12.3. The van der Waals surface area contributed by atoms with E-state index in [-0.39, 0.29) is 13.2 Å². The molecule has 0 aromatic rings. The van der Waals surface area contributed by atoms with E-state index in [9.17, 15) is 19.2 Å². The molecule has 21 heavy (non-hydrogen) atoms. The molecule has 0 spiro atoms. The van der Waals surface area contributed by atoms with Crippen molar-refractivity contribution in [1.29, 1.82) is 0 Å². The number of carbonyl (C=O) groups is 4. The van der Waals surface area contributed by atoms with E-state index in [1.165, 1.54) is 4.90 Å². The van der Waals surface area contributed by atoms with Crippen LogP contribution in [-0.4, -0.2) is 76.2 Å². The number of urea groups is 1. The monoisotopic (exact) mass is 302 g/mol. The van der Waals surface area contributed by atoms with Gasteiger partial charge in [0.1, 0.15) is 19.1 Å². The summed E-state index contributed by atoms with van der Waals surface area (Å²) in [4.78, 5) is 47.3. The van der Waals surface area contributed by atoms with Gasteiger partial charge in [-0.25, -0.2) is 9.59 Å². The maximum atomic E-state index is 12.3. The summed E-state index contributed by atoms with van der Waals surface area (Å²) in [5.74, 6) is -3.21. The molecule has 0 aromatic heterocycles. The minimum absolute atomic E-state index is 0.172. The minimum atomic E-state index is -1.32. The minimum Gasteiger partial charge on any atom is -0.480 e. The molecule has 2 amide bonds. The number of carbonyl (C=O) groups excluding carboxylic acids is 2. The number of likely N-dealkylation sites (tertiary alicyclic amines) is 1. The molecule has 1 aliphatic heterocycles. The summed E-state index contributed by atoms with van der Waals surface area (Å²) in [6.07, 6.45) is 0.988. The summed E-state index contributed by atoms with van der Waals surface area (Å²) in [7, 11) is 0. The first-order chi connectivity index (χ1) is 9.86. The average molecular weight is 302 g/mol. The third kappa shape index (κ3) is 4.62. The zero-order valence-electron chi connectivity index (χ0n) is 11.7. The Bertz CT molecular complexity index is 421. The lowest BCUT2D eigenvalue weighted by Crippen LogP contribution is -2.51. The normalized spacial score (nSPS) is 17.4. The molecule has 9 nitrogen and oxygen atoms in total. The van der Waals surface area contributed by atoms with Gasteiger partial charge in [0.15, 0.2) is 0 Å². The number of hydrogen-bond donors (Lipinski definition) is 2. The van der Waals surface area contributed by atoms with Crippen molar-refractivity contribution in [2.24, 2.45) is 0 Å². The summed E-state index contributed by atoms with van der Waals surface area (Å²) in [6.45, 7) is 0.595. The van der Waals surface area contributed by atoms with E-state index in [0.717, 1.165) is 0 Å². The van der Waals surface area contributed by atoms with E-state index in [1.807, 2.05) is 0 Å². The van der Waals surface area contributed by atoms with E-state index >= 15 is 0 Å². The molecule has 1 rings (SSSR count). The van der Waals surface area contributed by atoms with E-state index in [1.54, 1.807) is 6.92 Å². The molecule has 0 aliphatic carbocycles. The molecule has 0 aromatic carbocycles.